The van der Waals surface area contributed by atoms with E-state index in [1.54, 1.807) is 36.4 Å². The van der Waals surface area contributed by atoms with Crippen LogP contribution in [-0.4, -0.2) is 35.0 Å². The Labute approximate surface area is 358 Å². The van der Waals surface area contributed by atoms with Gasteiger partial charge in [-0.1, -0.05) is 103 Å². The van der Waals surface area contributed by atoms with Crippen molar-refractivity contribution >= 4 is 34.9 Å². The molecule has 2 amide bonds. The Morgan fingerprint density at radius 1 is 0.619 bits per heavy atom. The van der Waals surface area contributed by atoms with Gasteiger partial charge in [0.2, 0.25) is 5.60 Å². The molecule has 0 bridgehead atoms. The van der Waals surface area contributed by atoms with Gasteiger partial charge in [-0.25, -0.2) is 9.59 Å². The van der Waals surface area contributed by atoms with Gasteiger partial charge in [0, 0.05) is 43.1 Å². The van der Waals surface area contributed by atoms with E-state index in [1.165, 1.54) is 42.5 Å². The summed E-state index contributed by atoms with van der Waals surface area (Å²) in [5.41, 5.74) is -0.394. The summed E-state index contributed by atoms with van der Waals surface area (Å²) in [6, 6.07) is 39.9. The lowest BCUT2D eigenvalue weighted by atomic mass is 9.84. The van der Waals surface area contributed by atoms with E-state index in [2.05, 4.69) is 21.3 Å². The van der Waals surface area contributed by atoms with Crippen molar-refractivity contribution in [2.45, 2.75) is 50.4 Å². The summed E-state index contributed by atoms with van der Waals surface area (Å²) in [6.07, 6.45) is -12.6. The lowest BCUT2D eigenvalue weighted by Gasteiger charge is -2.52. The summed E-state index contributed by atoms with van der Waals surface area (Å²) < 4.78 is 96.5. The summed E-state index contributed by atoms with van der Waals surface area (Å²) in [5, 5.41) is 20.2. The number of nitrogens with one attached hydrogen (secondary N) is 4. The smallest absolute Gasteiger partial charge is 0.418 e. The van der Waals surface area contributed by atoms with E-state index in [0.29, 0.717) is 29.9 Å². The molecule has 1 heterocycles. The largest absolute Gasteiger partial charge is 0.465 e. The number of para-hydroxylation sites is 2. The van der Waals surface area contributed by atoms with Gasteiger partial charge in [-0.3, -0.25) is 4.90 Å². The lowest BCUT2D eigenvalue weighted by molar-refractivity contribution is -0.299. The maximum Gasteiger partial charge on any atom is 0.418 e. The van der Waals surface area contributed by atoms with Gasteiger partial charge in [-0.2, -0.15) is 26.3 Å². The van der Waals surface area contributed by atoms with Gasteiger partial charge >= 0.3 is 24.5 Å². The number of halogens is 6. The normalized spacial score (nSPS) is 16.1. The van der Waals surface area contributed by atoms with E-state index in [1.807, 2.05) is 65.6 Å². The van der Waals surface area contributed by atoms with Crippen LogP contribution in [0.5, 0.6) is 0 Å². The number of ether oxygens (including phenoxy) is 2. The highest BCUT2D eigenvalue weighted by Crippen LogP contribution is 2.47. The number of carboxylic acid groups (broad SMARTS) is 1. The van der Waals surface area contributed by atoms with E-state index in [9.17, 15) is 41.0 Å². The second kappa shape index (κ2) is 18.9. The fraction of sp³-hybridized carbons (Fsp3) is 0.191. The highest BCUT2D eigenvalue weighted by atomic mass is 19.4. The van der Waals surface area contributed by atoms with E-state index in [4.69, 9.17) is 9.47 Å². The van der Waals surface area contributed by atoms with Crippen molar-refractivity contribution < 1.29 is 50.5 Å². The molecule has 16 heteroatoms. The summed E-state index contributed by atoms with van der Waals surface area (Å²) in [6.45, 7) is 0.0856. The Kier molecular flexibility index (Phi) is 13.2. The molecule has 2 atom stereocenters. The van der Waals surface area contributed by atoms with Gasteiger partial charge < -0.3 is 35.8 Å². The molecule has 0 aromatic heterocycles. The summed E-state index contributed by atoms with van der Waals surface area (Å²) in [4.78, 5) is 27.6. The van der Waals surface area contributed by atoms with Crippen LogP contribution in [0, 0.1) is 0 Å². The van der Waals surface area contributed by atoms with Crippen molar-refractivity contribution in [3.05, 3.63) is 191 Å². The number of rotatable bonds is 15. The van der Waals surface area contributed by atoms with E-state index < -0.39 is 47.5 Å². The minimum atomic E-state index is -4.73. The number of carbonyl (C=O) groups excluding carboxylic acids is 1. The minimum absolute atomic E-state index is 0.0791. The topological polar surface area (TPSA) is 124 Å². The second-order valence-electron chi connectivity index (χ2n) is 14.7. The number of nitrogens with zero attached hydrogens (tertiary/aromatic N) is 1. The van der Waals surface area contributed by atoms with Gasteiger partial charge in [0.1, 0.15) is 0 Å². The number of anilines is 4. The summed E-state index contributed by atoms with van der Waals surface area (Å²) >= 11 is 0. The van der Waals surface area contributed by atoms with Crippen LogP contribution in [0.4, 0.5) is 58.7 Å². The number of amides is 2. The zero-order valence-corrected chi connectivity index (χ0v) is 33.3. The van der Waals surface area contributed by atoms with Crippen molar-refractivity contribution in [1.82, 2.24) is 15.5 Å². The van der Waals surface area contributed by atoms with Crippen LogP contribution < -0.4 is 21.3 Å². The zero-order chi connectivity index (χ0) is 44.6. The molecule has 0 saturated carbocycles. The van der Waals surface area contributed by atoms with Crippen molar-refractivity contribution in [3.63, 3.8) is 0 Å². The molecular weight excluding hydrogens is 829 g/mol. The maximum absolute atomic E-state index is 14.3. The Morgan fingerprint density at radius 2 is 1.13 bits per heavy atom. The maximum atomic E-state index is 14.3. The lowest BCUT2D eigenvalue weighted by Crippen LogP contribution is -2.65. The molecule has 326 valence electrons. The van der Waals surface area contributed by atoms with Crippen molar-refractivity contribution in [2.24, 2.45) is 0 Å². The molecule has 6 aromatic carbocycles. The Morgan fingerprint density at radius 3 is 1.65 bits per heavy atom. The van der Waals surface area contributed by atoms with Gasteiger partial charge in [-0.05, 0) is 70.8 Å². The SMILES string of the molecule is O=C(O)NCc1ccc(Nc2ccccc2C(F)(F)F)c(C2(OC(=O)NCc3ccc(Nc4ccccc4C(F)(F)F)cc3)COC2N(Cc2ccccc2)Cc2ccccc2)c1. The number of alkyl halides is 6. The third-order valence-electron chi connectivity index (χ3n) is 10.3. The molecule has 1 aliphatic rings. The monoisotopic (exact) mass is 869 g/mol. The third-order valence-corrected chi connectivity index (χ3v) is 10.3. The molecule has 2 unspecified atom stereocenters. The third kappa shape index (κ3) is 10.9. The molecule has 63 heavy (non-hydrogen) atoms. The zero-order valence-electron chi connectivity index (χ0n) is 33.3. The van der Waals surface area contributed by atoms with Crippen LogP contribution in [0.2, 0.25) is 0 Å². The number of hydrogen-bond donors (Lipinski definition) is 5. The predicted octanol–water partition coefficient (Wildman–Crippen LogP) is 11.2. The molecule has 1 saturated heterocycles. The van der Waals surface area contributed by atoms with Gasteiger partial charge in [0.25, 0.3) is 0 Å². The van der Waals surface area contributed by atoms with E-state index >= 15 is 0 Å². The molecule has 1 aliphatic heterocycles. The van der Waals surface area contributed by atoms with E-state index in [0.717, 1.165) is 23.3 Å². The van der Waals surface area contributed by atoms with Crippen LogP contribution in [0.3, 0.4) is 0 Å². The minimum Gasteiger partial charge on any atom is -0.465 e. The van der Waals surface area contributed by atoms with Gasteiger partial charge in [-0.15, -0.1) is 0 Å². The molecule has 7 rings (SSSR count). The van der Waals surface area contributed by atoms with Crippen LogP contribution in [0.1, 0.15) is 38.9 Å². The van der Waals surface area contributed by atoms with Crippen molar-refractivity contribution in [1.29, 1.82) is 0 Å². The number of alkyl carbamates (subject to hydrolysis) is 1. The average molecular weight is 870 g/mol. The van der Waals surface area contributed by atoms with Crippen LogP contribution >= 0.6 is 0 Å². The summed E-state index contributed by atoms with van der Waals surface area (Å²) in [5.74, 6) is 0. The first kappa shape index (κ1) is 44.0. The first-order valence-electron chi connectivity index (χ1n) is 19.6. The fourth-order valence-corrected chi connectivity index (χ4v) is 7.31. The Hall–Kier alpha value is -7.04. The van der Waals surface area contributed by atoms with Crippen LogP contribution in [0.15, 0.2) is 152 Å². The second-order valence-corrected chi connectivity index (χ2v) is 14.7. The molecule has 0 spiro atoms. The fourth-order valence-electron chi connectivity index (χ4n) is 7.31. The Balaban J connectivity index is 1.24. The molecule has 0 aliphatic carbocycles. The van der Waals surface area contributed by atoms with Crippen molar-refractivity contribution in [3.8, 4) is 0 Å². The molecular formula is C47H41F6N5O5. The molecule has 0 radical (unpaired) electrons. The number of carbonyl (C=O) groups is 2. The highest BCUT2D eigenvalue weighted by molar-refractivity contribution is 5.72. The molecule has 6 aromatic rings. The average Bonchev–Trinajstić information content (AvgIpc) is 3.25. The standard InChI is InChI=1S/C47H41F6N5O5/c48-46(49,50)36-15-7-9-17-39(36)56-35-22-19-31(20-23-35)26-55-44(61)63-45(30-62-42(45)58(28-32-11-3-1-4-12-32)29-33-13-5-2-6-14-33)38-25-34(27-54-43(59)60)21-24-41(38)57-40-18-10-8-16-37(40)47(51,52)53/h1-25,42,54,56-57H,26-30H2,(H,55,61)(H,59,60). The van der Waals surface area contributed by atoms with Gasteiger partial charge in [0.05, 0.1) is 29.1 Å². The molecule has 1 fully saturated rings. The first-order chi connectivity index (χ1) is 30.2. The van der Waals surface area contributed by atoms with Gasteiger partial charge in [0.15, 0.2) is 6.23 Å². The Bertz CT molecular complexity index is 2470. The molecule has 5 N–H and O–H groups in total. The number of benzene rings is 6. The van der Waals surface area contributed by atoms with Crippen LogP contribution in [0.25, 0.3) is 0 Å². The van der Waals surface area contributed by atoms with Crippen molar-refractivity contribution in [2.75, 3.05) is 17.2 Å². The summed E-state index contributed by atoms with van der Waals surface area (Å²) in [7, 11) is 0. The van der Waals surface area contributed by atoms with E-state index in [-0.39, 0.29) is 42.3 Å². The first-order valence-corrected chi connectivity index (χ1v) is 19.6. The predicted molar refractivity (Wildman–Crippen MR) is 224 cm³/mol. The quantitative estimate of drug-likeness (QED) is 0.0647. The highest BCUT2D eigenvalue weighted by Gasteiger charge is 2.57. The molecule has 10 nitrogen and oxygen atoms in total. The number of hydrogen-bond acceptors (Lipinski definition) is 7. The van der Waals surface area contributed by atoms with Crippen LogP contribution in [-0.2, 0) is 53.6 Å².